The Labute approximate surface area is 138 Å². The van der Waals surface area contributed by atoms with Crippen LogP contribution in [0.15, 0.2) is 58.4 Å². The lowest BCUT2D eigenvalue weighted by Gasteiger charge is -2.13. The Morgan fingerprint density at radius 3 is 2.55 bits per heavy atom. The third kappa shape index (κ3) is 4.18. The molecule has 0 heterocycles. The molecule has 0 saturated carbocycles. The number of anilines is 1. The van der Waals surface area contributed by atoms with E-state index in [2.05, 4.69) is 38.4 Å². The summed E-state index contributed by atoms with van der Waals surface area (Å²) in [6.07, 6.45) is 1.42. The number of hydrogen-bond acceptors (Lipinski definition) is 3. The minimum atomic E-state index is -0.340. The SMILES string of the molecule is C=C(N/N=C/c1ccc(Br)cc1F)Nc1c(C)cccc1C. The number of hydrogen-bond donors (Lipinski definition) is 2. The van der Waals surface area contributed by atoms with Crippen molar-refractivity contribution in [3.63, 3.8) is 0 Å². The number of aryl methyl sites for hydroxylation is 2. The van der Waals surface area contributed by atoms with Gasteiger partial charge in [-0.15, -0.1) is 0 Å². The van der Waals surface area contributed by atoms with Crippen LogP contribution in [0.5, 0.6) is 0 Å². The highest BCUT2D eigenvalue weighted by atomic mass is 79.9. The Bertz CT molecular complexity index is 706. The zero-order valence-electron chi connectivity index (χ0n) is 12.5. The zero-order chi connectivity index (χ0) is 16.1. The molecule has 2 aromatic rings. The molecule has 3 nitrogen and oxygen atoms in total. The molecular formula is C17H17BrFN3. The van der Waals surface area contributed by atoms with Crippen LogP contribution in [0, 0.1) is 19.7 Å². The molecule has 114 valence electrons. The van der Waals surface area contributed by atoms with Gasteiger partial charge in [0.05, 0.1) is 6.21 Å². The van der Waals surface area contributed by atoms with Gasteiger partial charge in [0.25, 0.3) is 0 Å². The number of hydrazone groups is 1. The van der Waals surface area contributed by atoms with E-state index in [0.717, 1.165) is 16.8 Å². The third-order valence-corrected chi connectivity index (χ3v) is 3.62. The van der Waals surface area contributed by atoms with Gasteiger partial charge in [0.1, 0.15) is 11.6 Å². The van der Waals surface area contributed by atoms with Crippen molar-refractivity contribution in [2.24, 2.45) is 5.10 Å². The third-order valence-electron chi connectivity index (χ3n) is 3.12. The van der Waals surface area contributed by atoms with Crippen molar-refractivity contribution in [2.75, 3.05) is 5.32 Å². The van der Waals surface area contributed by atoms with Gasteiger partial charge in [-0.3, -0.25) is 5.43 Å². The van der Waals surface area contributed by atoms with Crippen LogP contribution in [0.25, 0.3) is 0 Å². The highest BCUT2D eigenvalue weighted by Crippen LogP contribution is 2.20. The summed E-state index contributed by atoms with van der Waals surface area (Å²) in [5, 5.41) is 7.16. The summed E-state index contributed by atoms with van der Waals surface area (Å²) in [4.78, 5) is 0. The van der Waals surface area contributed by atoms with Gasteiger partial charge in [0.15, 0.2) is 0 Å². The van der Waals surface area contributed by atoms with Crippen LogP contribution in [0.1, 0.15) is 16.7 Å². The lowest BCUT2D eigenvalue weighted by Crippen LogP contribution is -2.14. The van der Waals surface area contributed by atoms with Gasteiger partial charge in [-0.2, -0.15) is 5.10 Å². The molecule has 0 amide bonds. The summed E-state index contributed by atoms with van der Waals surface area (Å²) >= 11 is 3.21. The van der Waals surface area contributed by atoms with Gasteiger partial charge < -0.3 is 5.32 Å². The van der Waals surface area contributed by atoms with E-state index in [1.54, 1.807) is 12.1 Å². The second kappa shape index (κ2) is 7.22. The van der Waals surface area contributed by atoms with Crippen LogP contribution in [0.4, 0.5) is 10.1 Å². The lowest BCUT2D eigenvalue weighted by atomic mass is 10.1. The number of rotatable bonds is 5. The zero-order valence-corrected chi connectivity index (χ0v) is 14.0. The van der Waals surface area contributed by atoms with Crippen molar-refractivity contribution in [1.29, 1.82) is 0 Å². The molecule has 22 heavy (non-hydrogen) atoms. The van der Waals surface area contributed by atoms with E-state index in [0.29, 0.717) is 15.9 Å². The molecule has 0 atom stereocenters. The van der Waals surface area contributed by atoms with E-state index in [1.807, 2.05) is 32.0 Å². The van der Waals surface area contributed by atoms with Crippen LogP contribution in [-0.2, 0) is 0 Å². The summed E-state index contributed by atoms with van der Waals surface area (Å²) in [6.45, 7) is 7.90. The van der Waals surface area contributed by atoms with E-state index in [9.17, 15) is 4.39 Å². The molecular weight excluding hydrogens is 345 g/mol. The molecule has 0 aliphatic heterocycles. The molecule has 0 spiro atoms. The molecule has 0 aliphatic rings. The van der Waals surface area contributed by atoms with Crippen molar-refractivity contribution in [3.8, 4) is 0 Å². The van der Waals surface area contributed by atoms with Crippen LogP contribution in [-0.4, -0.2) is 6.21 Å². The maximum atomic E-state index is 13.6. The van der Waals surface area contributed by atoms with E-state index in [4.69, 9.17) is 0 Å². The summed E-state index contributed by atoms with van der Waals surface area (Å²) in [7, 11) is 0. The maximum Gasteiger partial charge on any atom is 0.133 e. The highest BCUT2D eigenvalue weighted by molar-refractivity contribution is 9.10. The fraction of sp³-hybridized carbons (Fsp3) is 0.118. The predicted octanol–water partition coefficient (Wildman–Crippen LogP) is 4.71. The van der Waals surface area contributed by atoms with Crippen LogP contribution in [0.3, 0.4) is 0 Å². The average molecular weight is 362 g/mol. The Kier molecular flexibility index (Phi) is 5.33. The largest absolute Gasteiger partial charge is 0.341 e. The topological polar surface area (TPSA) is 36.4 Å². The second-order valence-electron chi connectivity index (χ2n) is 4.91. The first kappa shape index (κ1) is 16.2. The number of para-hydroxylation sites is 1. The van der Waals surface area contributed by atoms with Gasteiger partial charge >= 0.3 is 0 Å². The molecule has 2 N–H and O–H groups in total. The molecule has 0 radical (unpaired) electrons. The minimum absolute atomic E-state index is 0.340. The van der Waals surface area contributed by atoms with Crippen LogP contribution < -0.4 is 10.7 Å². The number of benzene rings is 2. The molecule has 0 aliphatic carbocycles. The van der Waals surface area contributed by atoms with Crippen LogP contribution in [0.2, 0.25) is 0 Å². The van der Waals surface area contributed by atoms with Gasteiger partial charge in [-0.25, -0.2) is 4.39 Å². The summed E-state index contributed by atoms with van der Waals surface area (Å²) in [5.74, 6) is 0.180. The standard InChI is InChI=1S/C17H17BrFN3/c1-11-5-4-6-12(2)17(11)21-13(3)22-20-10-14-7-8-15(18)9-16(14)19/h4-10,21-22H,3H2,1-2H3/b20-10+. The minimum Gasteiger partial charge on any atom is -0.341 e. The fourth-order valence-corrected chi connectivity index (χ4v) is 2.31. The first-order chi connectivity index (χ1) is 10.5. The lowest BCUT2D eigenvalue weighted by molar-refractivity contribution is 0.625. The molecule has 0 unspecified atom stereocenters. The van der Waals surface area contributed by atoms with Crippen molar-refractivity contribution in [2.45, 2.75) is 13.8 Å². The molecule has 0 bridgehead atoms. The van der Waals surface area contributed by atoms with Crippen molar-refractivity contribution < 1.29 is 4.39 Å². The summed E-state index contributed by atoms with van der Waals surface area (Å²) in [5.41, 5.74) is 6.38. The fourth-order valence-electron chi connectivity index (χ4n) is 1.98. The van der Waals surface area contributed by atoms with E-state index in [1.165, 1.54) is 12.3 Å². The van der Waals surface area contributed by atoms with E-state index < -0.39 is 0 Å². The van der Waals surface area contributed by atoms with Crippen molar-refractivity contribution in [3.05, 3.63) is 75.8 Å². The van der Waals surface area contributed by atoms with E-state index >= 15 is 0 Å². The number of nitrogens with one attached hydrogen (secondary N) is 2. The normalized spacial score (nSPS) is 10.7. The van der Waals surface area contributed by atoms with Gasteiger partial charge in [-0.05, 0) is 43.2 Å². The number of halogens is 2. The first-order valence-corrected chi connectivity index (χ1v) is 7.53. The molecule has 0 saturated heterocycles. The Hall–Kier alpha value is -2.14. The van der Waals surface area contributed by atoms with Crippen molar-refractivity contribution in [1.82, 2.24) is 5.43 Å². The van der Waals surface area contributed by atoms with Gasteiger partial charge in [0, 0.05) is 15.7 Å². The highest BCUT2D eigenvalue weighted by Gasteiger charge is 2.03. The Morgan fingerprint density at radius 1 is 1.23 bits per heavy atom. The van der Waals surface area contributed by atoms with Gasteiger partial charge in [-0.1, -0.05) is 40.7 Å². The summed E-state index contributed by atoms with van der Waals surface area (Å²) < 4.78 is 14.3. The quantitative estimate of drug-likeness (QED) is 0.597. The predicted molar refractivity (Wildman–Crippen MR) is 93.5 cm³/mol. The van der Waals surface area contributed by atoms with E-state index in [-0.39, 0.29) is 5.82 Å². The maximum absolute atomic E-state index is 13.6. The molecule has 2 aromatic carbocycles. The van der Waals surface area contributed by atoms with Crippen LogP contribution >= 0.6 is 15.9 Å². The summed E-state index contributed by atoms with van der Waals surface area (Å²) in [6, 6.07) is 10.8. The molecule has 0 fully saturated rings. The smallest absolute Gasteiger partial charge is 0.133 e. The Morgan fingerprint density at radius 2 is 1.91 bits per heavy atom. The Balaban J connectivity index is 1.99. The second-order valence-corrected chi connectivity index (χ2v) is 5.82. The van der Waals surface area contributed by atoms with Crippen molar-refractivity contribution >= 4 is 27.8 Å². The first-order valence-electron chi connectivity index (χ1n) is 6.73. The molecule has 0 aromatic heterocycles. The molecule has 2 rings (SSSR count). The molecule has 5 heteroatoms. The van der Waals surface area contributed by atoms with Gasteiger partial charge in [0.2, 0.25) is 0 Å². The monoisotopic (exact) mass is 361 g/mol. The average Bonchev–Trinajstić information content (AvgIpc) is 2.45. The number of nitrogens with zero attached hydrogens (tertiary/aromatic N) is 1.